The second-order valence-electron chi connectivity index (χ2n) is 10.4. The van der Waals surface area contributed by atoms with Gasteiger partial charge in [-0.1, -0.05) is 31.5 Å². The van der Waals surface area contributed by atoms with E-state index in [0.717, 1.165) is 74.5 Å². The molecule has 1 aliphatic heterocycles. The van der Waals surface area contributed by atoms with E-state index >= 15 is 0 Å². The summed E-state index contributed by atoms with van der Waals surface area (Å²) in [4.78, 5) is 18.9. The maximum absolute atomic E-state index is 13.3. The number of piperidine rings is 1. The van der Waals surface area contributed by atoms with Gasteiger partial charge >= 0.3 is 6.03 Å². The highest BCUT2D eigenvalue weighted by atomic mass is 32.2. The second kappa shape index (κ2) is 14.6. The van der Waals surface area contributed by atoms with Crippen LogP contribution in [0.25, 0.3) is 0 Å². The van der Waals surface area contributed by atoms with E-state index in [2.05, 4.69) is 34.0 Å². The van der Waals surface area contributed by atoms with Crippen LogP contribution in [-0.2, 0) is 16.6 Å². The third-order valence-electron chi connectivity index (χ3n) is 7.06. The number of benzene rings is 3. The summed E-state index contributed by atoms with van der Waals surface area (Å²) in [6.07, 6.45) is 7.11. The molecule has 2 amide bonds. The fraction of sp³-hybridized carbons (Fsp3) is 0.387. The van der Waals surface area contributed by atoms with E-state index in [1.807, 2.05) is 47.6 Å². The van der Waals surface area contributed by atoms with E-state index in [-0.39, 0.29) is 12.1 Å². The standard InChI is InChI=1S/C31H40N4O4S2/c1-4-5-19-35(31(36)32-26-7-6-8-30(22-26)40-2)27-17-20-34(21-18-27)23-24-9-13-28(14-10-24)39-29-15-11-25(12-16-29)33-41(3,37)38/h6-16,22,27,33H,4-5,17-21,23H2,1-3H3,(H,32,36). The van der Waals surface area contributed by atoms with Crippen LogP contribution in [0.4, 0.5) is 16.2 Å². The summed E-state index contributed by atoms with van der Waals surface area (Å²) in [6.45, 7) is 5.66. The van der Waals surface area contributed by atoms with Crippen LogP contribution in [0.2, 0.25) is 0 Å². The number of sulfonamides is 1. The summed E-state index contributed by atoms with van der Waals surface area (Å²) in [7, 11) is -3.31. The highest BCUT2D eigenvalue weighted by Gasteiger charge is 2.28. The zero-order valence-electron chi connectivity index (χ0n) is 24.0. The molecule has 0 radical (unpaired) electrons. The number of nitrogens with zero attached hydrogens (tertiary/aromatic N) is 2. The molecule has 3 aromatic carbocycles. The Kier molecular flexibility index (Phi) is 11.0. The maximum atomic E-state index is 13.3. The molecule has 1 saturated heterocycles. The Hall–Kier alpha value is -3.21. The Balaban J connectivity index is 1.28. The highest BCUT2D eigenvalue weighted by molar-refractivity contribution is 7.98. The molecule has 220 valence electrons. The van der Waals surface area contributed by atoms with Crippen LogP contribution in [0, 0.1) is 0 Å². The van der Waals surface area contributed by atoms with Crippen molar-refractivity contribution in [1.82, 2.24) is 9.80 Å². The Morgan fingerprint density at radius 2 is 1.66 bits per heavy atom. The highest BCUT2D eigenvalue weighted by Crippen LogP contribution is 2.26. The lowest BCUT2D eigenvalue weighted by atomic mass is 10.0. The first-order valence-corrected chi connectivity index (χ1v) is 17.1. The lowest BCUT2D eigenvalue weighted by Crippen LogP contribution is -2.49. The molecule has 0 spiro atoms. The largest absolute Gasteiger partial charge is 0.457 e. The predicted molar refractivity (Wildman–Crippen MR) is 169 cm³/mol. The number of hydrogen-bond acceptors (Lipinski definition) is 6. The van der Waals surface area contributed by atoms with Crippen molar-refractivity contribution in [3.05, 3.63) is 78.4 Å². The molecule has 0 bridgehead atoms. The van der Waals surface area contributed by atoms with Crippen LogP contribution in [-0.4, -0.2) is 62.4 Å². The minimum atomic E-state index is -3.31. The smallest absolute Gasteiger partial charge is 0.322 e. The summed E-state index contributed by atoms with van der Waals surface area (Å²) in [5.41, 5.74) is 2.54. The molecule has 0 atom stereocenters. The van der Waals surface area contributed by atoms with Gasteiger partial charge < -0.3 is 15.0 Å². The number of likely N-dealkylation sites (tertiary alicyclic amines) is 1. The zero-order chi connectivity index (χ0) is 29.2. The third-order valence-corrected chi connectivity index (χ3v) is 8.39. The first-order chi connectivity index (χ1) is 19.7. The Morgan fingerprint density at radius 3 is 2.27 bits per heavy atom. The molecule has 0 unspecified atom stereocenters. The maximum Gasteiger partial charge on any atom is 0.322 e. The number of carbonyl (C=O) groups is 1. The average Bonchev–Trinajstić information content (AvgIpc) is 2.95. The van der Waals surface area contributed by atoms with Crippen molar-refractivity contribution in [2.24, 2.45) is 0 Å². The molecule has 2 N–H and O–H groups in total. The molecule has 10 heteroatoms. The van der Waals surface area contributed by atoms with Gasteiger partial charge in [0.05, 0.1) is 6.26 Å². The summed E-state index contributed by atoms with van der Waals surface area (Å²) in [5, 5.41) is 3.13. The lowest BCUT2D eigenvalue weighted by molar-refractivity contribution is 0.122. The number of amides is 2. The van der Waals surface area contributed by atoms with Gasteiger partial charge in [-0.15, -0.1) is 11.8 Å². The molecule has 3 aromatic rings. The SMILES string of the molecule is CCCCN(C(=O)Nc1cccc(SC)c1)C1CCN(Cc2ccc(Oc3ccc(NS(C)(=O)=O)cc3)cc2)CC1. The van der Waals surface area contributed by atoms with Crippen molar-refractivity contribution < 1.29 is 17.9 Å². The quantitative estimate of drug-likeness (QED) is 0.222. The first-order valence-electron chi connectivity index (χ1n) is 14.0. The number of urea groups is 1. The molecule has 4 rings (SSSR count). The van der Waals surface area contributed by atoms with Crippen molar-refractivity contribution >= 4 is 39.2 Å². The summed E-state index contributed by atoms with van der Waals surface area (Å²) in [5.74, 6) is 1.35. The van der Waals surface area contributed by atoms with Gasteiger partial charge in [-0.3, -0.25) is 9.62 Å². The van der Waals surface area contributed by atoms with Crippen molar-refractivity contribution in [3.63, 3.8) is 0 Å². The van der Waals surface area contributed by atoms with Crippen LogP contribution < -0.4 is 14.8 Å². The number of anilines is 2. The molecule has 1 fully saturated rings. The number of rotatable bonds is 12. The minimum Gasteiger partial charge on any atom is -0.457 e. The number of carbonyl (C=O) groups excluding carboxylic acids is 1. The van der Waals surface area contributed by atoms with Crippen molar-refractivity contribution in [2.45, 2.75) is 50.1 Å². The van der Waals surface area contributed by atoms with Gasteiger partial charge in [-0.25, -0.2) is 13.2 Å². The number of unbranched alkanes of at least 4 members (excludes halogenated alkanes) is 1. The van der Waals surface area contributed by atoms with Crippen molar-refractivity contribution in [2.75, 3.05) is 42.2 Å². The number of ether oxygens (including phenoxy) is 1. The van der Waals surface area contributed by atoms with Gasteiger partial charge in [0, 0.05) is 48.5 Å². The monoisotopic (exact) mass is 596 g/mol. The van der Waals surface area contributed by atoms with Gasteiger partial charge in [0.1, 0.15) is 11.5 Å². The molecule has 0 aromatic heterocycles. The van der Waals surface area contributed by atoms with E-state index in [1.165, 1.54) is 5.56 Å². The second-order valence-corrected chi connectivity index (χ2v) is 13.0. The van der Waals surface area contributed by atoms with Gasteiger partial charge in [0.25, 0.3) is 0 Å². The zero-order valence-corrected chi connectivity index (χ0v) is 25.6. The van der Waals surface area contributed by atoms with E-state index in [0.29, 0.717) is 11.4 Å². The van der Waals surface area contributed by atoms with Gasteiger partial charge in [-0.05, 0) is 85.7 Å². The Labute approximate surface area is 248 Å². The third kappa shape index (κ3) is 9.69. The topological polar surface area (TPSA) is 91.0 Å². The molecule has 41 heavy (non-hydrogen) atoms. The summed E-state index contributed by atoms with van der Waals surface area (Å²) in [6, 6.07) is 23.1. The van der Waals surface area contributed by atoms with Crippen LogP contribution in [0.1, 0.15) is 38.2 Å². The Morgan fingerprint density at radius 1 is 1.00 bits per heavy atom. The van der Waals surface area contributed by atoms with Crippen molar-refractivity contribution in [3.8, 4) is 11.5 Å². The first kappa shape index (κ1) is 30.7. The molecular formula is C31H40N4O4S2. The lowest BCUT2D eigenvalue weighted by Gasteiger charge is -2.38. The van der Waals surface area contributed by atoms with Crippen LogP contribution in [0.5, 0.6) is 11.5 Å². The predicted octanol–water partition coefficient (Wildman–Crippen LogP) is 6.87. The molecule has 0 aliphatic carbocycles. The van der Waals surface area contributed by atoms with Crippen LogP contribution in [0.3, 0.4) is 0 Å². The molecule has 0 saturated carbocycles. The Bertz CT molecular complexity index is 1370. The number of thioether (sulfide) groups is 1. The van der Waals surface area contributed by atoms with Gasteiger partial charge in [0.15, 0.2) is 0 Å². The van der Waals surface area contributed by atoms with Crippen LogP contribution in [0.15, 0.2) is 77.7 Å². The molecular weight excluding hydrogens is 556 g/mol. The number of nitrogens with one attached hydrogen (secondary N) is 2. The van der Waals surface area contributed by atoms with Crippen LogP contribution >= 0.6 is 11.8 Å². The summed E-state index contributed by atoms with van der Waals surface area (Å²) < 4.78 is 31.1. The van der Waals surface area contributed by atoms with Gasteiger partial charge in [-0.2, -0.15) is 0 Å². The molecule has 1 heterocycles. The van der Waals surface area contributed by atoms with Crippen molar-refractivity contribution in [1.29, 1.82) is 0 Å². The normalized spacial score (nSPS) is 14.4. The van der Waals surface area contributed by atoms with E-state index in [1.54, 1.807) is 36.0 Å². The van der Waals surface area contributed by atoms with Gasteiger partial charge in [0.2, 0.25) is 10.0 Å². The minimum absolute atomic E-state index is 0.00737. The molecule has 1 aliphatic rings. The summed E-state index contributed by atoms with van der Waals surface area (Å²) >= 11 is 1.67. The number of hydrogen-bond donors (Lipinski definition) is 2. The van der Waals surface area contributed by atoms with E-state index < -0.39 is 10.0 Å². The average molecular weight is 597 g/mol. The van der Waals surface area contributed by atoms with E-state index in [9.17, 15) is 13.2 Å². The fourth-order valence-corrected chi connectivity index (χ4v) is 5.95. The fourth-order valence-electron chi connectivity index (χ4n) is 4.93. The van der Waals surface area contributed by atoms with E-state index in [4.69, 9.17) is 4.74 Å². The molecule has 8 nitrogen and oxygen atoms in total.